The monoisotopic (exact) mass is 417 g/mol. The Labute approximate surface area is 178 Å². The summed E-state index contributed by atoms with van der Waals surface area (Å²) in [6.45, 7) is 3.88. The molecule has 0 bridgehead atoms. The number of hydrogen-bond acceptors (Lipinski definition) is 6. The van der Waals surface area contributed by atoms with Crippen LogP contribution in [-0.2, 0) is 9.63 Å². The fraction of sp³-hybridized carbons (Fsp3) is 0.130. The van der Waals surface area contributed by atoms with Crippen LogP contribution in [0.2, 0.25) is 0 Å². The quantitative estimate of drug-likeness (QED) is 0.452. The van der Waals surface area contributed by atoms with Gasteiger partial charge in [-0.2, -0.15) is 4.99 Å². The third-order valence-electron chi connectivity index (χ3n) is 4.47. The maximum Gasteiger partial charge on any atom is 0.343 e. The molecule has 2 heterocycles. The summed E-state index contributed by atoms with van der Waals surface area (Å²) in [6, 6.07) is 13.5. The minimum Gasteiger partial charge on any atom is -0.490 e. The lowest BCUT2D eigenvalue weighted by atomic mass is 10.1. The van der Waals surface area contributed by atoms with Crippen molar-refractivity contribution in [3.63, 3.8) is 0 Å². The predicted octanol–water partition coefficient (Wildman–Crippen LogP) is 3.75. The maximum atomic E-state index is 12.4. The van der Waals surface area contributed by atoms with Crippen LogP contribution in [-0.4, -0.2) is 35.2 Å². The molecule has 0 radical (unpaired) electrons. The van der Waals surface area contributed by atoms with Gasteiger partial charge in [0.05, 0.1) is 17.7 Å². The van der Waals surface area contributed by atoms with E-state index in [0.717, 1.165) is 0 Å². The lowest BCUT2D eigenvalue weighted by Gasteiger charge is -2.23. The molecule has 0 atom stereocenters. The number of carbonyl (C=O) groups is 2. The molecule has 31 heavy (non-hydrogen) atoms. The number of benzene rings is 2. The van der Waals surface area contributed by atoms with Crippen LogP contribution in [0.25, 0.3) is 6.08 Å². The number of rotatable bonds is 5. The topological polar surface area (TPSA) is 101 Å². The van der Waals surface area contributed by atoms with Gasteiger partial charge in [-0.25, -0.2) is 4.79 Å². The number of ether oxygens (including phenoxy) is 2. The molecule has 2 aromatic rings. The van der Waals surface area contributed by atoms with E-state index in [-0.39, 0.29) is 23.0 Å². The molecule has 0 unspecified atom stereocenters. The lowest BCUT2D eigenvalue weighted by molar-refractivity contribution is -0.114. The van der Waals surface area contributed by atoms with Crippen LogP contribution in [0, 0.1) is 5.41 Å². The maximum absolute atomic E-state index is 12.4. The molecule has 0 spiro atoms. The third-order valence-corrected chi connectivity index (χ3v) is 4.47. The molecular formula is C23H19N3O5. The van der Waals surface area contributed by atoms with Crippen LogP contribution in [0.1, 0.15) is 29.8 Å². The molecule has 8 heteroatoms. The second-order valence-corrected chi connectivity index (χ2v) is 6.72. The molecule has 0 saturated carbocycles. The summed E-state index contributed by atoms with van der Waals surface area (Å²) in [5.74, 6) is 0.265. The molecule has 156 valence electrons. The average Bonchev–Trinajstić information content (AvgIpc) is 3.14. The molecule has 8 nitrogen and oxygen atoms in total. The predicted molar refractivity (Wildman–Crippen MR) is 114 cm³/mol. The molecule has 0 aromatic heterocycles. The van der Waals surface area contributed by atoms with Gasteiger partial charge in [0.25, 0.3) is 5.91 Å². The number of nitrogens with one attached hydrogen (secondary N) is 1. The Hall–Kier alpha value is -4.20. The van der Waals surface area contributed by atoms with E-state index in [1.54, 1.807) is 55.5 Å². The normalized spacial score (nSPS) is 16.5. The highest BCUT2D eigenvalue weighted by Gasteiger charge is 2.34. The Morgan fingerprint density at radius 2 is 1.97 bits per heavy atom. The van der Waals surface area contributed by atoms with Gasteiger partial charge in [-0.05, 0) is 49.8 Å². The van der Waals surface area contributed by atoms with Crippen LogP contribution in [0.5, 0.6) is 11.5 Å². The van der Waals surface area contributed by atoms with E-state index in [1.165, 1.54) is 11.1 Å². The molecule has 4 rings (SSSR count). The third kappa shape index (κ3) is 4.09. The van der Waals surface area contributed by atoms with Crippen LogP contribution >= 0.6 is 0 Å². The average molecular weight is 417 g/mol. The van der Waals surface area contributed by atoms with Crippen molar-refractivity contribution in [2.45, 2.75) is 13.8 Å². The smallest absolute Gasteiger partial charge is 0.343 e. The summed E-state index contributed by atoms with van der Waals surface area (Å²) >= 11 is 0. The Kier molecular flexibility index (Phi) is 5.36. The zero-order valence-electron chi connectivity index (χ0n) is 16.9. The van der Waals surface area contributed by atoms with Gasteiger partial charge in [0, 0.05) is 6.08 Å². The number of esters is 1. The Morgan fingerprint density at radius 3 is 2.71 bits per heavy atom. The second kappa shape index (κ2) is 8.27. The molecule has 0 saturated heterocycles. The number of nitrogens with zero attached hydrogens (tertiary/aromatic N) is 2. The molecule has 1 amide bonds. The molecule has 2 aliphatic rings. The number of aliphatic imine (C=N–C) groups is 1. The van der Waals surface area contributed by atoms with Crippen molar-refractivity contribution in [3.05, 3.63) is 77.1 Å². The van der Waals surface area contributed by atoms with Crippen LogP contribution in [0.15, 0.2) is 70.9 Å². The fourth-order valence-corrected chi connectivity index (χ4v) is 3.07. The highest BCUT2D eigenvalue weighted by molar-refractivity contribution is 6.32. The van der Waals surface area contributed by atoms with E-state index >= 15 is 0 Å². The van der Waals surface area contributed by atoms with Gasteiger partial charge in [0.15, 0.2) is 23.2 Å². The SMILES string of the molecule is CCOc1cc(/C=C2\C(=N)N3OC(C)=CC3=NC2=O)ccc1OC(=O)c1ccccc1. The Balaban J connectivity index is 1.62. The molecule has 1 N–H and O–H groups in total. The molecule has 0 fully saturated rings. The lowest BCUT2D eigenvalue weighted by Crippen LogP contribution is -2.38. The summed E-state index contributed by atoms with van der Waals surface area (Å²) in [4.78, 5) is 34.2. The van der Waals surface area contributed by atoms with Gasteiger partial charge in [0.1, 0.15) is 5.76 Å². The fourth-order valence-electron chi connectivity index (χ4n) is 3.07. The highest BCUT2D eigenvalue weighted by atomic mass is 16.7. The van der Waals surface area contributed by atoms with E-state index in [4.69, 9.17) is 19.7 Å². The van der Waals surface area contributed by atoms with Gasteiger partial charge < -0.3 is 14.3 Å². The zero-order valence-corrected chi connectivity index (χ0v) is 16.9. The molecule has 2 aromatic carbocycles. The summed E-state index contributed by atoms with van der Waals surface area (Å²) in [6.07, 6.45) is 3.11. The number of amides is 1. The van der Waals surface area contributed by atoms with Crippen molar-refractivity contribution in [3.8, 4) is 11.5 Å². The number of carbonyl (C=O) groups excluding carboxylic acids is 2. The molecule has 2 aliphatic heterocycles. The number of amidine groups is 2. The van der Waals surface area contributed by atoms with Crippen molar-refractivity contribution in [2.24, 2.45) is 4.99 Å². The van der Waals surface area contributed by atoms with Crippen LogP contribution in [0.3, 0.4) is 0 Å². The first-order chi connectivity index (χ1) is 15.0. The van der Waals surface area contributed by atoms with Crippen molar-refractivity contribution in [1.29, 1.82) is 5.41 Å². The first-order valence-electron chi connectivity index (χ1n) is 9.60. The van der Waals surface area contributed by atoms with Gasteiger partial charge in [-0.1, -0.05) is 24.3 Å². The van der Waals surface area contributed by atoms with Crippen molar-refractivity contribution in [2.75, 3.05) is 6.61 Å². The first kappa shape index (κ1) is 20.1. The standard InChI is InChI=1S/C23H19N3O5/c1-3-29-19-13-15(9-10-18(19)30-23(28)16-7-5-4-6-8-16)12-17-21(24)26-20(25-22(17)27)11-14(2)31-26/h4-13,24H,3H2,1-2H3/b17-12+,24-21?. The molecule has 0 aliphatic carbocycles. The summed E-state index contributed by atoms with van der Waals surface area (Å²) in [5.41, 5.74) is 1.07. The summed E-state index contributed by atoms with van der Waals surface area (Å²) in [5, 5.41) is 9.50. The van der Waals surface area contributed by atoms with E-state index < -0.39 is 11.9 Å². The Morgan fingerprint density at radius 1 is 1.19 bits per heavy atom. The van der Waals surface area contributed by atoms with E-state index in [9.17, 15) is 9.59 Å². The minimum absolute atomic E-state index is 0.0725. The minimum atomic E-state index is -0.539. The van der Waals surface area contributed by atoms with Crippen molar-refractivity contribution < 1.29 is 23.9 Å². The van der Waals surface area contributed by atoms with Crippen molar-refractivity contribution in [1.82, 2.24) is 5.06 Å². The number of fused-ring (bicyclic) bond motifs is 1. The van der Waals surface area contributed by atoms with Crippen LogP contribution < -0.4 is 9.47 Å². The molecular weight excluding hydrogens is 398 g/mol. The zero-order chi connectivity index (χ0) is 22.0. The highest BCUT2D eigenvalue weighted by Crippen LogP contribution is 2.31. The van der Waals surface area contributed by atoms with Crippen LogP contribution in [0.4, 0.5) is 0 Å². The van der Waals surface area contributed by atoms with Crippen molar-refractivity contribution >= 4 is 29.6 Å². The first-order valence-corrected chi connectivity index (χ1v) is 9.60. The largest absolute Gasteiger partial charge is 0.490 e. The van der Waals surface area contributed by atoms with E-state index in [0.29, 0.717) is 29.2 Å². The number of allylic oxidation sites excluding steroid dienone is 1. The van der Waals surface area contributed by atoms with E-state index in [2.05, 4.69) is 4.99 Å². The summed E-state index contributed by atoms with van der Waals surface area (Å²) < 4.78 is 11.1. The van der Waals surface area contributed by atoms with Gasteiger partial charge in [-0.3, -0.25) is 10.2 Å². The number of hydroxylamine groups is 2. The van der Waals surface area contributed by atoms with Gasteiger partial charge in [-0.15, -0.1) is 5.06 Å². The Bertz CT molecular complexity index is 1160. The number of hydrogen-bond donors (Lipinski definition) is 1. The summed E-state index contributed by atoms with van der Waals surface area (Å²) in [7, 11) is 0. The van der Waals surface area contributed by atoms with E-state index in [1.807, 2.05) is 13.0 Å². The van der Waals surface area contributed by atoms with Gasteiger partial charge in [0.2, 0.25) is 0 Å². The second-order valence-electron chi connectivity index (χ2n) is 6.72. The van der Waals surface area contributed by atoms with Gasteiger partial charge >= 0.3 is 5.97 Å².